The first kappa shape index (κ1) is 12.9. The lowest BCUT2D eigenvalue weighted by molar-refractivity contribution is -0.127. The number of nitrogens with one attached hydrogen (secondary N) is 2. The highest BCUT2D eigenvalue weighted by molar-refractivity contribution is 6.06. The number of carbonyl (C=O) groups is 1. The Morgan fingerprint density at radius 3 is 2.94 bits per heavy atom. The molecular weight excluding hydrogens is 224 g/mol. The highest BCUT2D eigenvalue weighted by atomic mass is 16.4. The molecule has 0 saturated heterocycles. The van der Waals surface area contributed by atoms with E-state index in [1.54, 1.807) is 13.8 Å². The minimum atomic E-state index is -1.03. The standard InChI is InChI=1S/C9H16N6O2/c1-3-9(2,7(10)15-17)8(16)11-4-6-12-5-13-14-6/h5,17H,3-4H2,1-2H3,(H2,10,15)(H,11,16)(H,12,13,14). The largest absolute Gasteiger partial charge is 0.409 e. The molecule has 0 aliphatic heterocycles. The topological polar surface area (TPSA) is 129 Å². The van der Waals surface area contributed by atoms with Crippen LogP contribution in [0.5, 0.6) is 0 Å². The molecule has 1 aromatic rings. The van der Waals surface area contributed by atoms with Gasteiger partial charge in [0.15, 0.2) is 5.84 Å². The van der Waals surface area contributed by atoms with E-state index in [1.807, 2.05) is 0 Å². The highest BCUT2D eigenvalue weighted by Gasteiger charge is 2.36. The van der Waals surface area contributed by atoms with Gasteiger partial charge in [0.2, 0.25) is 5.91 Å². The monoisotopic (exact) mass is 240 g/mol. The van der Waals surface area contributed by atoms with Gasteiger partial charge in [0.05, 0.1) is 6.54 Å². The van der Waals surface area contributed by atoms with Crippen molar-refractivity contribution >= 4 is 11.7 Å². The van der Waals surface area contributed by atoms with E-state index >= 15 is 0 Å². The average molecular weight is 240 g/mol. The number of hydrogen-bond acceptors (Lipinski definition) is 5. The number of amidine groups is 1. The summed E-state index contributed by atoms with van der Waals surface area (Å²) >= 11 is 0. The molecule has 94 valence electrons. The van der Waals surface area contributed by atoms with Crippen LogP contribution in [0.15, 0.2) is 11.5 Å². The van der Waals surface area contributed by atoms with E-state index in [0.717, 1.165) is 0 Å². The molecule has 0 spiro atoms. The van der Waals surface area contributed by atoms with E-state index in [1.165, 1.54) is 6.33 Å². The number of rotatable bonds is 5. The lowest BCUT2D eigenvalue weighted by Gasteiger charge is -2.24. The van der Waals surface area contributed by atoms with Gasteiger partial charge in [0, 0.05) is 0 Å². The minimum Gasteiger partial charge on any atom is -0.409 e. The summed E-state index contributed by atoms with van der Waals surface area (Å²) in [6, 6.07) is 0. The summed E-state index contributed by atoms with van der Waals surface area (Å²) in [5, 5.41) is 20.5. The maximum atomic E-state index is 11.9. The summed E-state index contributed by atoms with van der Waals surface area (Å²) in [5.41, 5.74) is 4.48. The molecule has 0 aromatic carbocycles. The van der Waals surface area contributed by atoms with Crippen molar-refractivity contribution < 1.29 is 10.0 Å². The van der Waals surface area contributed by atoms with Crippen molar-refractivity contribution in [3.05, 3.63) is 12.2 Å². The van der Waals surface area contributed by atoms with Crippen LogP contribution in [0.3, 0.4) is 0 Å². The fourth-order valence-corrected chi connectivity index (χ4v) is 1.24. The van der Waals surface area contributed by atoms with Gasteiger partial charge in [-0.15, -0.1) is 0 Å². The lowest BCUT2D eigenvalue weighted by Crippen LogP contribution is -2.47. The summed E-state index contributed by atoms with van der Waals surface area (Å²) in [6.07, 6.45) is 1.77. The van der Waals surface area contributed by atoms with Crippen molar-refractivity contribution in [2.75, 3.05) is 0 Å². The number of aromatic amines is 1. The quantitative estimate of drug-likeness (QED) is 0.240. The highest BCUT2D eigenvalue weighted by Crippen LogP contribution is 2.21. The molecule has 1 unspecified atom stereocenters. The van der Waals surface area contributed by atoms with Crippen LogP contribution < -0.4 is 11.1 Å². The maximum Gasteiger partial charge on any atom is 0.234 e. The van der Waals surface area contributed by atoms with Crippen molar-refractivity contribution in [2.24, 2.45) is 16.3 Å². The van der Waals surface area contributed by atoms with Gasteiger partial charge in [-0.1, -0.05) is 12.1 Å². The van der Waals surface area contributed by atoms with Crippen molar-refractivity contribution in [3.63, 3.8) is 0 Å². The number of oxime groups is 1. The molecule has 1 atom stereocenters. The van der Waals surface area contributed by atoms with Gasteiger partial charge in [-0.05, 0) is 13.3 Å². The first-order valence-corrected chi connectivity index (χ1v) is 5.15. The third-order valence-electron chi connectivity index (χ3n) is 2.76. The number of aromatic nitrogens is 3. The van der Waals surface area contributed by atoms with E-state index in [2.05, 4.69) is 25.7 Å². The van der Waals surface area contributed by atoms with Crippen molar-refractivity contribution in [1.82, 2.24) is 20.5 Å². The van der Waals surface area contributed by atoms with Crippen LogP contribution in [0.25, 0.3) is 0 Å². The van der Waals surface area contributed by atoms with Gasteiger partial charge >= 0.3 is 0 Å². The molecule has 0 radical (unpaired) electrons. The van der Waals surface area contributed by atoms with Crippen LogP contribution in [0.2, 0.25) is 0 Å². The molecule has 5 N–H and O–H groups in total. The molecule has 0 aliphatic carbocycles. The first-order chi connectivity index (χ1) is 8.04. The number of amides is 1. The Morgan fingerprint density at radius 1 is 1.76 bits per heavy atom. The molecule has 0 bridgehead atoms. The van der Waals surface area contributed by atoms with Crippen LogP contribution in [-0.2, 0) is 11.3 Å². The molecule has 1 heterocycles. The zero-order valence-electron chi connectivity index (χ0n) is 9.77. The van der Waals surface area contributed by atoms with Gasteiger partial charge in [-0.3, -0.25) is 9.89 Å². The molecule has 0 saturated carbocycles. The van der Waals surface area contributed by atoms with Crippen LogP contribution >= 0.6 is 0 Å². The lowest BCUT2D eigenvalue weighted by atomic mass is 9.85. The second kappa shape index (κ2) is 5.28. The Hall–Kier alpha value is -2.12. The molecule has 8 heteroatoms. The third kappa shape index (κ3) is 2.71. The van der Waals surface area contributed by atoms with E-state index in [9.17, 15) is 4.79 Å². The van der Waals surface area contributed by atoms with E-state index in [0.29, 0.717) is 12.2 Å². The Bertz CT molecular complexity index is 402. The van der Waals surface area contributed by atoms with Crippen LogP contribution in [0, 0.1) is 5.41 Å². The zero-order valence-corrected chi connectivity index (χ0v) is 9.77. The summed E-state index contributed by atoms with van der Waals surface area (Å²) < 4.78 is 0. The Kier molecular flexibility index (Phi) is 4.02. The molecular formula is C9H16N6O2. The smallest absolute Gasteiger partial charge is 0.234 e. The summed E-state index contributed by atoms with van der Waals surface area (Å²) in [6.45, 7) is 3.61. The zero-order chi connectivity index (χ0) is 12.9. The number of hydrogen-bond donors (Lipinski definition) is 4. The molecule has 1 aromatic heterocycles. The summed E-state index contributed by atoms with van der Waals surface area (Å²) in [7, 11) is 0. The summed E-state index contributed by atoms with van der Waals surface area (Å²) in [4.78, 5) is 15.8. The Labute approximate surface area is 98.3 Å². The van der Waals surface area contributed by atoms with Crippen molar-refractivity contribution in [3.8, 4) is 0 Å². The summed E-state index contributed by atoms with van der Waals surface area (Å²) in [5.74, 6) is 0.0954. The molecule has 0 fully saturated rings. The number of nitrogens with zero attached hydrogens (tertiary/aromatic N) is 3. The van der Waals surface area contributed by atoms with Crippen LogP contribution in [-0.4, -0.2) is 32.1 Å². The maximum absolute atomic E-state index is 11.9. The van der Waals surface area contributed by atoms with E-state index < -0.39 is 5.41 Å². The Morgan fingerprint density at radius 2 is 2.47 bits per heavy atom. The SMILES string of the molecule is CCC(C)(C(=O)NCc1ncn[nH]1)C(N)=NO. The fourth-order valence-electron chi connectivity index (χ4n) is 1.24. The van der Waals surface area contributed by atoms with Crippen molar-refractivity contribution in [2.45, 2.75) is 26.8 Å². The third-order valence-corrected chi connectivity index (χ3v) is 2.76. The molecule has 1 amide bonds. The normalized spacial score (nSPS) is 15.3. The number of carbonyl (C=O) groups excluding carboxylic acids is 1. The van der Waals surface area contributed by atoms with Crippen LogP contribution in [0.4, 0.5) is 0 Å². The second-order valence-electron chi connectivity index (χ2n) is 3.79. The van der Waals surface area contributed by atoms with Crippen LogP contribution in [0.1, 0.15) is 26.1 Å². The molecule has 0 aliphatic rings. The molecule has 8 nitrogen and oxygen atoms in total. The van der Waals surface area contributed by atoms with E-state index in [-0.39, 0.29) is 18.3 Å². The van der Waals surface area contributed by atoms with Gasteiger partial charge in [0.1, 0.15) is 17.6 Å². The second-order valence-corrected chi connectivity index (χ2v) is 3.79. The number of H-pyrrole nitrogens is 1. The van der Waals surface area contributed by atoms with Gasteiger partial charge in [-0.25, -0.2) is 4.98 Å². The first-order valence-electron chi connectivity index (χ1n) is 5.15. The molecule has 17 heavy (non-hydrogen) atoms. The van der Waals surface area contributed by atoms with Gasteiger partial charge in [0.25, 0.3) is 0 Å². The van der Waals surface area contributed by atoms with Gasteiger partial charge < -0.3 is 16.3 Å². The predicted molar refractivity (Wildman–Crippen MR) is 60.0 cm³/mol. The van der Waals surface area contributed by atoms with Gasteiger partial charge in [-0.2, -0.15) is 5.10 Å². The number of nitrogens with two attached hydrogens (primary N) is 1. The average Bonchev–Trinajstić information content (AvgIpc) is 2.86. The Balaban J connectivity index is 2.67. The molecule has 1 rings (SSSR count). The predicted octanol–water partition coefficient (Wildman–Crippen LogP) is -0.416. The fraction of sp³-hybridized carbons (Fsp3) is 0.556. The minimum absolute atomic E-state index is 0.116. The van der Waals surface area contributed by atoms with E-state index in [4.69, 9.17) is 10.9 Å². The van der Waals surface area contributed by atoms with Crippen molar-refractivity contribution in [1.29, 1.82) is 0 Å².